The molecule has 0 bridgehead atoms. The van der Waals surface area contributed by atoms with E-state index in [1.165, 1.54) is 51.2 Å². The van der Waals surface area contributed by atoms with Crippen LogP contribution < -0.4 is 20.5 Å². The number of likely N-dealkylation sites (tertiary alicyclic amines) is 1. The van der Waals surface area contributed by atoms with Crippen LogP contribution in [0.3, 0.4) is 0 Å². The fourth-order valence-electron chi connectivity index (χ4n) is 6.36. The Morgan fingerprint density at radius 2 is 1.77 bits per heavy atom. The number of benzene rings is 3. The molecule has 0 unspecified atom stereocenters. The third-order valence-corrected chi connectivity index (χ3v) is 11.2. The number of ether oxygens (including phenoxy) is 2. The number of aromatic nitrogens is 1. The molecule has 47 heavy (non-hydrogen) atoms. The molecule has 0 saturated carbocycles. The summed E-state index contributed by atoms with van der Waals surface area (Å²) in [6.45, 7) is 4.59. The number of nitrogens with zero attached hydrogens (tertiary/aromatic N) is 2. The molecule has 2 heterocycles. The molecule has 0 radical (unpaired) electrons. The van der Waals surface area contributed by atoms with Crippen LogP contribution in [-0.4, -0.2) is 61.3 Å². The van der Waals surface area contributed by atoms with Gasteiger partial charge in [-0.05, 0) is 74.5 Å². The quantitative estimate of drug-likeness (QED) is 0.207. The van der Waals surface area contributed by atoms with Crippen LogP contribution in [0.1, 0.15) is 44.4 Å². The van der Waals surface area contributed by atoms with Gasteiger partial charge >= 0.3 is 5.97 Å². The number of nitrogens with one attached hydrogen (secondary N) is 1. The second-order valence-corrected chi connectivity index (χ2v) is 14.3. The number of anilines is 2. The Morgan fingerprint density at radius 3 is 2.43 bits per heavy atom. The Labute approximate surface area is 272 Å². The summed E-state index contributed by atoms with van der Waals surface area (Å²) in [5, 5.41) is 14.1. The van der Waals surface area contributed by atoms with E-state index in [-0.39, 0.29) is 40.5 Å². The Kier molecular flexibility index (Phi) is 9.04. The van der Waals surface area contributed by atoms with Crippen molar-refractivity contribution in [2.45, 2.75) is 48.9 Å². The van der Waals surface area contributed by atoms with E-state index in [1.807, 2.05) is 0 Å². The number of carboxylic acids is 1. The maximum absolute atomic E-state index is 15.9. The summed E-state index contributed by atoms with van der Waals surface area (Å²) in [5.41, 5.74) is 4.93. The molecule has 1 aliphatic rings. The number of rotatable bonds is 10. The summed E-state index contributed by atoms with van der Waals surface area (Å²) in [5.74, 6) is -3.21. The minimum absolute atomic E-state index is 0.0324. The van der Waals surface area contributed by atoms with Crippen LogP contribution >= 0.6 is 0 Å². The van der Waals surface area contributed by atoms with Gasteiger partial charge in [0.1, 0.15) is 17.7 Å². The lowest BCUT2D eigenvalue weighted by molar-refractivity contribution is -0.147. The fraction of sp³-hybridized carbons (Fsp3) is 0.324. The van der Waals surface area contributed by atoms with E-state index < -0.39 is 50.3 Å². The molecule has 3 atom stereocenters. The number of fused-ring (bicyclic) bond motifs is 1. The molecule has 4 aromatic rings. The van der Waals surface area contributed by atoms with E-state index in [0.29, 0.717) is 22.3 Å². The lowest BCUT2D eigenvalue weighted by Gasteiger charge is -2.41. The van der Waals surface area contributed by atoms with Gasteiger partial charge in [0.25, 0.3) is 5.91 Å². The number of hydrogen-bond acceptors (Lipinski definition) is 9. The van der Waals surface area contributed by atoms with Crippen molar-refractivity contribution in [1.82, 2.24) is 9.88 Å². The van der Waals surface area contributed by atoms with Crippen LogP contribution in [0.5, 0.6) is 11.5 Å². The number of methoxy groups -OCH3 is 2. The number of amides is 1. The number of pyridine rings is 1. The van der Waals surface area contributed by atoms with E-state index in [1.54, 1.807) is 49.5 Å². The molecule has 1 amide bonds. The predicted molar refractivity (Wildman–Crippen MR) is 176 cm³/mol. The van der Waals surface area contributed by atoms with Crippen molar-refractivity contribution in [3.8, 4) is 11.5 Å². The molecule has 1 fully saturated rings. The molecule has 3 aromatic carbocycles. The van der Waals surface area contributed by atoms with Gasteiger partial charge in [0.2, 0.25) is 0 Å². The summed E-state index contributed by atoms with van der Waals surface area (Å²) in [6, 6.07) is 14.1. The summed E-state index contributed by atoms with van der Waals surface area (Å²) < 4.78 is 53.8. The van der Waals surface area contributed by atoms with Crippen molar-refractivity contribution < 1.29 is 37.0 Å². The van der Waals surface area contributed by atoms with E-state index in [4.69, 9.17) is 15.2 Å². The zero-order valence-electron chi connectivity index (χ0n) is 26.7. The molecule has 4 N–H and O–H groups in total. The van der Waals surface area contributed by atoms with E-state index in [9.17, 15) is 23.1 Å². The topological polar surface area (TPSA) is 161 Å². The first-order valence-corrected chi connectivity index (χ1v) is 16.5. The second kappa shape index (κ2) is 12.7. The maximum Gasteiger partial charge on any atom is 0.309 e. The van der Waals surface area contributed by atoms with Crippen LogP contribution in [-0.2, 0) is 25.0 Å². The lowest BCUT2D eigenvalue weighted by atomic mass is 9.79. The first-order chi connectivity index (χ1) is 22.2. The largest absolute Gasteiger partial charge is 0.493 e. The zero-order chi connectivity index (χ0) is 34.3. The van der Waals surface area contributed by atoms with Crippen LogP contribution in [0.15, 0.2) is 71.8 Å². The standard InChI is InChI=1S/C34H37FN4O7S/c1-19(2)47(43,44)29-9-7-6-8-24(29)34(3)25(33(41)42)13-15-39(34)32(40)30(23-17-27(45-4)28(46-5)18-26(23)35)38-21-10-11-22-20(16-21)12-14-37-31(22)36/h6-12,14,16-19,25,30,38H,13,15H2,1-5H3,(H2,36,37)(H,41,42)/t25-,30-,34+/m1/s1. The van der Waals surface area contributed by atoms with Crippen molar-refractivity contribution in [1.29, 1.82) is 0 Å². The number of aliphatic carboxylic acids is 1. The van der Waals surface area contributed by atoms with Crippen molar-refractivity contribution >= 4 is 44.0 Å². The minimum atomic E-state index is -3.90. The van der Waals surface area contributed by atoms with Gasteiger partial charge in [0.05, 0.1) is 35.8 Å². The fourth-order valence-corrected chi connectivity index (χ4v) is 7.72. The monoisotopic (exact) mass is 664 g/mol. The molecule has 1 aromatic heterocycles. The summed E-state index contributed by atoms with van der Waals surface area (Å²) in [6.07, 6.45) is 1.58. The summed E-state index contributed by atoms with van der Waals surface area (Å²) >= 11 is 0. The minimum Gasteiger partial charge on any atom is -0.493 e. The molecule has 1 aliphatic heterocycles. The van der Waals surface area contributed by atoms with Gasteiger partial charge in [0.15, 0.2) is 21.3 Å². The maximum atomic E-state index is 15.9. The number of carbonyl (C=O) groups is 2. The number of carboxylic acid groups (broad SMARTS) is 1. The van der Waals surface area contributed by atoms with Gasteiger partial charge in [-0.25, -0.2) is 17.8 Å². The SMILES string of the molecule is COc1cc(F)c([C@@H](Nc2ccc3c(N)nccc3c2)C(=O)N2CC[C@H](C(=O)O)[C@]2(C)c2ccccc2S(=O)(=O)C(C)C)cc1OC. The van der Waals surface area contributed by atoms with Gasteiger partial charge < -0.3 is 30.5 Å². The Morgan fingerprint density at radius 1 is 1.09 bits per heavy atom. The molecular formula is C34H37FN4O7S. The average molecular weight is 665 g/mol. The third-order valence-electron chi connectivity index (χ3n) is 8.97. The Hall–Kier alpha value is -4.91. The van der Waals surface area contributed by atoms with Gasteiger partial charge in [-0.15, -0.1) is 0 Å². The van der Waals surface area contributed by atoms with Gasteiger partial charge in [-0.3, -0.25) is 9.59 Å². The number of nitrogen functional groups attached to an aromatic ring is 1. The highest BCUT2D eigenvalue weighted by molar-refractivity contribution is 7.92. The van der Waals surface area contributed by atoms with E-state index in [0.717, 1.165) is 6.07 Å². The lowest BCUT2D eigenvalue weighted by Crippen LogP contribution is -2.51. The number of sulfone groups is 1. The van der Waals surface area contributed by atoms with Gasteiger partial charge in [-0.2, -0.15) is 0 Å². The molecular weight excluding hydrogens is 627 g/mol. The number of nitrogens with two attached hydrogens (primary N) is 1. The highest BCUT2D eigenvalue weighted by Gasteiger charge is 2.55. The second-order valence-electron chi connectivity index (χ2n) is 11.8. The predicted octanol–water partition coefficient (Wildman–Crippen LogP) is 5.16. The Bertz CT molecular complexity index is 1970. The first kappa shape index (κ1) is 33.5. The summed E-state index contributed by atoms with van der Waals surface area (Å²) in [4.78, 5) is 33.0. The molecule has 248 valence electrons. The van der Waals surface area contributed by atoms with Crippen LogP contribution in [0.4, 0.5) is 15.9 Å². The number of hydrogen-bond donors (Lipinski definition) is 3. The zero-order valence-corrected chi connectivity index (χ0v) is 27.5. The van der Waals surface area contributed by atoms with Gasteiger partial charge in [-0.1, -0.05) is 18.2 Å². The van der Waals surface area contributed by atoms with E-state index in [2.05, 4.69) is 10.3 Å². The third kappa shape index (κ3) is 5.79. The van der Waals surface area contributed by atoms with E-state index >= 15 is 4.39 Å². The van der Waals surface area contributed by atoms with Crippen molar-refractivity contribution in [3.63, 3.8) is 0 Å². The molecule has 0 aliphatic carbocycles. The Balaban J connectivity index is 1.70. The smallest absolute Gasteiger partial charge is 0.309 e. The van der Waals surface area contributed by atoms with Crippen LogP contribution in [0, 0.1) is 11.7 Å². The van der Waals surface area contributed by atoms with Crippen molar-refractivity contribution in [2.24, 2.45) is 5.92 Å². The molecule has 0 spiro atoms. The van der Waals surface area contributed by atoms with Crippen LogP contribution in [0.2, 0.25) is 0 Å². The number of halogens is 1. The molecule has 1 saturated heterocycles. The van der Waals surface area contributed by atoms with Crippen molar-refractivity contribution in [3.05, 3.63) is 83.8 Å². The molecule has 11 nitrogen and oxygen atoms in total. The highest BCUT2D eigenvalue weighted by atomic mass is 32.2. The molecule has 13 heteroatoms. The van der Waals surface area contributed by atoms with Crippen molar-refractivity contribution in [2.75, 3.05) is 31.8 Å². The number of carbonyl (C=O) groups excluding carboxylic acids is 1. The highest BCUT2D eigenvalue weighted by Crippen LogP contribution is 2.48. The molecule has 5 rings (SSSR count). The van der Waals surface area contributed by atoms with Gasteiger partial charge in [0, 0.05) is 35.4 Å². The normalized spacial score (nSPS) is 18.7. The summed E-state index contributed by atoms with van der Waals surface area (Å²) in [7, 11) is -1.16. The van der Waals surface area contributed by atoms with Crippen LogP contribution in [0.25, 0.3) is 10.8 Å². The first-order valence-electron chi connectivity index (χ1n) is 15.0. The average Bonchev–Trinajstić information content (AvgIpc) is 3.41.